The molecule has 0 saturated carbocycles. The van der Waals surface area contributed by atoms with E-state index < -0.39 is 5.78 Å². The van der Waals surface area contributed by atoms with Gasteiger partial charge in [-0.25, -0.2) is 0 Å². The second-order valence-electron chi connectivity index (χ2n) is 2.85. The lowest BCUT2D eigenvalue weighted by molar-refractivity contribution is -0.104. The van der Waals surface area contributed by atoms with E-state index in [1.807, 2.05) is 6.92 Å². The van der Waals surface area contributed by atoms with Crippen LogP contribution in [0.1, 0.15) is 23.7 Å². The number of ether oxygens (including phenoxy) is 1. The number of benzene rings is 1. The Bertz CT molecular complexity index is 316. The van der Waals surface area contributed by atoms with E-state index in [0.717, 1.165) is 6.42 Å². The van der Waals surface area contributed by atoms with Crippen molar-refractivity contribution in [2.24, 2.45) is 0 Å². The third-order valence-electron chi connectivity index (χ3n) is 1.72. The highest BCUT2D eigenvalue weighted by atomic mass is 16.5. The molecule has 0 aliphatic rings. The van der Waals surface area contributed by atoms with Crippen molar-refractivity contribution < 1.29 is 19.8 Å². The maximum Gasteiger partial charge on any atom is 0.225 e. The molecule has 82 valence electrons. The lowest BCUT2D eigenvalue weighted by Crippen LogP contribution is -2.00. The molecule has 0 saturated heterocycles. The normalized spacial score (nSPS) is 8.87. The van der Waals surface area contributed by atoms with Crippen molar-refractivity contribution in [3.05, 3.63) is 29.8 Å². The number of hydrogen-bond acceptors (Lipinski definition) is 3. The Morgan fingerprint density at radius 2 is 1.93 bits per heavy atom. The van der Waals surface area contributed by atoms with Crippen molar-refractivity contribution in [2.45, 2.75) is 13.3 Å². The summed E-state index contributed by atoms with van der Waals surface area (Å²) < 4.78 is 5.32. The van der Waals surface area contributed by atoms with Crippen LogP contribution in [0, 0.1) is 0 Å². The van der Waals surface area contributed by atoms with Crippen LogP contribution in [0.25, 0.3) is 0 Å². The van der Waals surface area contributed by atoms with Gasteiger partial charge in [-0.2, -0.15) is 0 Å². The van der Waals surface area contributed by atoms with E-state index in [-0.39, 0.29) is 5.48 Å². The first-order valence-corrected chi connectivity index (χ1v) is 4.50. The zero-order valence-corrected chi connectivity index (χ0v) is 8.53. The number of hydrogen-bond donors (Lipinski definition) is 0. The van der Waals surface area contributed by atoms with Crippen LogP contribution in [0.3, 0.4) is 0 Å². The summed E-state index contributed by atoms with van der Waals surface area (Å²) in [5.74, 6) is 0.210. The van der Waals surface area contributed by atoms with E-state index in [2.05, 4.69) is 0 Å². The van der Waals surface area contributed by atoms with E-state index in [1.54, 1.807) is 24.3 Å². The molecule has 2 N–H and O–H groups in total. The monoisotopic (exact) mass is 210 g/mol. The summed E-state index contributed by atoms with van der Waals surface area (Å²) in [5.41, 5.74) is 0.392. The molecule has 1 aromatic carbocycles. The molecule has 0 aliphatic carbocycles. The average molecular weight is 210 g/mol. The largest absolute Gasteiger partial charge is 0.494 e. The summed E-state index contributed by atoms with van der Waals surface area (Å²) in [5, 5.41) is 0. The Hall–Kier alpha value is -1.68. The van der Waals surface area contributed by atoms with E-state index in [4.69, 9.17) is 4.74 Å². The van der Waals surface area contributed by atoms with Gasteiger partial charge in [0.05, 0.1) is 6.61 Å². The molecule has 15 heavy (non-hydrogen) atoms. The van der Waals surface area contributed by atoms with Crippen molar-refractivity contribution in [1.29, 1.82) is 0 Å². The topological polar surface area (TPSA) is 74.9 Å². The van der Waals surface area contributed by atoms with Crippen LogP contribution >= 0.6 is 0 Å². The zero-order valence-electron chi connectivity index (χ0n) is 8.53. The van der Waals surface area contributed by atoms with Gasteiger partial charge in [-0.15, -0.1) is 0 Å². The summed E-state index contributed by atoms with van der Waals surface area (Å²) in [6, 6.07) is 6.54. The number of rotatable bonds is 5. The predicted molar refractivity (Wildman–Crippen MR) is 56.2 cm³/mol. The quantitative estimate of drug-likeness (QED) is 0.414. The number of aldehydes is 1. The first-order valence-electron chi connectivity index (χ1n) is 4.50. The minimum atomic E-state index is -0.507. The molecule has 0 unspecified atom stereocenters. The highest BCUT2D eigenvalue weighted by molar-refractivity contribution is 6.33. The van der Waals surface area contributed by atoms with E-state index >= 15 is 0 Å². The molecule has 0 spiro atoms. The summed E-state index contributed by atoms with van der Waals surface area (Å²) in [6.07, 6.45) is 1.25. The Balaban J connectivity index is 0.00000196. The lowest BCUT2D eigenvalue weighted by atomic mass is 10.1. The first-order chi connectivity index (χ1) is 6.77. The third kappa shape index (κ3) is 3.91. The van der Waals surface area contributed by atoms with Crippen LogP contribution in [0.2, 0.25) is 0 Å². The molecule has 0 bridgehead atoms. The van der Waals surface area contributed by atoms with Gasteiger partial charge in [-0.1, -0.05) is 6.92 Å². The summed E-state index contributed by atoms with van der Waals surface area (Å²) in [7, 11) is 0. The summed E-state index contributed by atoms with van der Waals surface area (Å²) in [6.45, 7) is 2.67. The maximum absolute atomic E-state index is 10.9. The molecule has 0 amide bonds. The molecule has 1 rings (SSSR count). The summed E-state index contributed by atoms with van der Waals surface area (Å²) in [4.78, 5) is 21.1. The Kier molecular flexibility index (Phi) is 5.97. The average Bonchev–Trinajstić information content (AvgIpc) is 2.26. The van der Waals surface area contributed by atoms with Gasteiger partial charge in [-0.05, 0) is 30.7 Å². The predicted octanol–water partition coefficient (Wildman–Crippen LogP) is 1.03. The van der Waals surface area contributed by atoms with Crippen molar-refractivity contribution in [1.82, 2.24) is 0 Å². The lowest BCUT2D eigenvalue weighted by Gasteiger charge is -2.03. The molecule has 1 aromatic rings. The van der Waals surface area contributed by atoms with Crippen LogP contribution in [0.4, 0.5) is 0 Å². The van der Waals surface area contributed by atoms with Crippen LogP contribution in [-0.2, 0) is 4.79 Å². The molecule has 0 atom stereocenters. The number of carbonyl (C=O) groups excluding carboxylic acids is 2. The smallest absolute Gasteiger partial charge is 0.225 e. The van der Waals surface area contributed by atoms with Gasteiger partial charge < -0.3 is 10.2 Å². The van der Waals surface area contributed by atoms with Crippen LogP contribution in [0.5, 0.6) is 5.75 Å². The fraction of sp³-hybridized carbons (Fsp3) is 0.273. The molecule has 4 heteroatoms. The van der Waals surface area contributed by atoms with Crippen molar-refractivity contribution in [2.75, 3.05) is 6.61 Å². The second-order valence-corrected chi connectivity index (χ2v) is 2.85. The molecule has 0 aliphatic heterocycles. The molecule has 0 fully saturated rings. The van der Waals surface area contributed by atoms with Gasteiger partial charge >= 0.3 is 0 Å². The molecule has 0 radical (unpaired) electrons. The fourth-order valence-electron chi connectivity index (χ4n) is 1.00. The van der Waals surface area contributed by atoms with Crippen LogP contribution in [0.15, 0.2) is 24.3 Å². The SMILES string of the molecule is CCCOc1ccc(C(=O)C=O)cc1.O. The van der Waals surface area contributed by atoms with Crippen molar-refractivity contribution in [3.63, 3.8) is 0 Å². The first kappa shape index (κ1) is 13.3. The number of ketones is 1. The standard InChI is InChI=1S/C11H12O3.H2O/c1-2-7-14-10-5-3-9(4-6-10)11(13)8-12;/h3-6,8H,2,7H2,1H3;1H2. The van der Waals surface area contributed by atoms with Gasteiger partial charge in [0, 0.05) is 5.56 Å². The van der Waals surface area contributed by atoms with Gasteiger partial charge in [0.1, 0.15) is 5.75 Å². The van der Waals surface area contributed by atoms with E-state index in [9.17, 15) is 9.59 Å². The Labute approximate surface area is 88.2 Å². The highest BCUT2D eigenvalue weighted by Gasteiger charge is 2.02. The minimum absolute atomic E-state index is 0. The van der Waals surface area contributed by atoms with E-state index in [0.29, 0.717) is 24.2 Å². The maximum atomic E-state index is 10.9. The molecular formula is C11H14O4. The van der Waals surface area contributed by atoms with Gasteiger partial charge in [-0.3, -0.25) is 9.59 Å². The van der Waals surface area contributed by atoms with Crippen molar-refractivity contribution >= 4 is 12.1 Å². The second kappa shape index (κ2) is 6.73. The number of Topliss-reactive ketones (excluding diaryl/α,β-unsaturated/α-hetero) is 1. The fourth-order valence-corrected chi connectivity index (χ4v) is 1.00. The van der Waals surface area contributed by atoms with E-state index in [1.165, 1.54) is 0 Å². The van der Waals surface area contributed by atoms with Crippen molar-refractivity contribution in [3.8, 4) is 5.75 Å². The highest BCUT2D eigenvalue weighted by Crippen LogP contribution is 2.12. The molecular weight excluding hydrogens is 196 g/mol. The molecule has 0 aromatic heterocycles. The molecule has 0 heterocycles. The van der Waals surface area contributed by atoms with Gasteiger partial charge in [0.2, 0.25) is 5.78 Å². The Morgan fingerprint density at radius 3 is 2.40 bits per heavy atom. The zero-order chi connectivity index (χ0) is 10.4. The van der Waals surface area contributed by atoms with Gasteiger partial charge in [0.25, 0.3) is 0 Å². The summed E-state index contributed by atoms with van der Waals surface area (Å²) >= 11 is 0. The van der Waals surface area contributed by atoms with Gasteiger partial charge in [0.15, 0.2) is 6.29 Å². The van der Waals surface area contributed by atoms with Crippen LogP contribution < -0.4 is 4.74 Å². The van der Waals surface area contributed by atoms with Crippen LogP contribution in [-0.4, -0.2) is 24.2 Å². The Morgan fingerprint density at radius 1 is 1.33 bits per heavy atom. The molecule has 4 nitrogen and oxygen atoms in total. The number of carbonyl (C=O) groups is 2. The third-order valence-corrected chi connectivity index (χ3v) is 1.72. The minimum Gasteiger partial charge on any atom is -0.494 e.